The lowest BCUT2D eigenvalue weighted by atomic mass is 10.2. The van der Waals surface area contributed by atoms with Gasteiger partial charge in [0.15, 0.2) is 13.8 Å². The number of hydrogen-bond donors (Lipinski definition) is 1. The SMILES string of the molecule is CCN(Cn1nc(Nc2ccc(C)cc2)sc1=S)C1CCS(=O)(=O)C1. The molecule has 9 heteroatoms. The van der Waals surface area contributed by atoms with E-state index in [1.165, 1.54) is 16.9 Å². The van der Waals surface area contributed by atoms with Crippen LogP contribution >= 0.6 is 23.6 Å². The highest BCUT2D eigenvalue weighted by Crippen LogP contribution is 2.22. The predicted molar refractivity (Wildman–Crippen MR) is 105 cm³/mol. The molecule has 0 spiro atoms. The van der Waals surface area contributed by atoms with E-state index in [0.717, 1.165) is 17.4 Å². The van der Waals surface area contributed by atoms with Crippen LogP contribution in [0.1, 0.15) is 18.9 Å². The van der Waals surface area contributed by atoms with Gasteiger partial charge in [-0.3, -0.25) is 4.90 Å². The molecule has 2 aromatic rings. The smallest absolute Gasteiger partial charge is 0.209 e. The molecule has 1 aromatic carbocycles. The summed E-state index contributed by atoms with van der Waals surface area (Å²) < 4.78 is 25.9. The molecule has 2 heterocycles. The van der Waals surface area contributed by atoms with E-state index in [4.69, 9.17) is 12.2 Å². The van der Waals surface area contributed by atoms with Crippen molar-refractivity contribution in [2.45, 2.75) is 33.0 Å². The molecular weight excluding hydrogens is 376 g/mol. The lowest BCUT2D eigenvalue weighted by Gasteiger charge is -2.25. The van der Waals surface area contributed by atoms with Crippen molar-refractivity contribution in [3.8, 4) is 0 Å². The number of rotatable bonds is 6. The highest BCUT2D eigenvalue weighted by atomic mass is 32.2. The zero-order valence-corrected chi connectivity index (χ0v) is 16.8. The fourth-order valence-electron chi connectivity index (χ4n) is 2.92. The number of sulfone groups is 1. The Labute approximate surface area is 157 Å². The summed E-state index contributed by atoms with van der Waals surface area (Å²) >= 11 is 6.85. The Bertz CT molecular complexity index is 887. The molecule has 3 rings (SSSR count). The molecule has 6 nitrogen and oxygen atoms in total. The summed E-state index contributed by atoms with van der Waals surface area (Å²) in [6, 6.07) is 8.14. The van der Waals surface area contributed by atoms with E-state index in [9.17, 15) is 8.42 Å². The lowest BCUT2D eigenvalue weighted by Crippen LogP contribution is -2.37. The van der Waals surface area contributed by atoms with Gasteiger partial charge >= 0.3 is 0 Å². The summed E-state index contributed by atoms with van der Waals surface area (Å²) in [5.74, 6) is 0.504. The summed E-state index contributed by atoms with van der Waals surface area (Å²) in [7, 11) is -2.90. The molecule has 1 atom stereocenters. The maximum Gasteiger partial charge on any atom is 0.209 e. The van der Waals surface area contributed by atoms with Crippen molar-refractivity contribution in [3.05, 3.63) is 33.8 Å². The fraction of sp³-hybridized carbons (Fsp3) is 0.500. The lowest BCUT2D eigenvalue weighted by molar-refractivity contribution is 0.165. The van der Waals surface area contributed by atoms with Gasteiger partial charge in [0.2, 0.25) is 5.13 Å². The van der Waals surface area contributed by atoms with E-state index in [2.05, 4.69) is 15.3 Å². The van der Waals surface area contributed by atoms with Gasteiger partial charge in [0.05, 0.1) is 18.2 Å². The highest BCUT2D eigenvalue weighted by molar-refractivity contribution is 7.91. The first kappa shape index (κ1) is 18.5. The van der Waals surface area contributed by atoms with E-state index in [-0.39, 0.29) is 17.5 Å². The van der Waals surface area contributed by atoms with Crippen molar-refractivity contribution in [1.29, 1.82) is 0 Å². The largest absolute Gasteiger partial charge is 0.330 e. The Morgan fingerprint density at radius 3 is 2.72 bits per heavy atom. The van der Waals surface area contributed by atoms with Crippen molar-refractivity contribution in [2.24, 2.45) is 0 Å². The molecule has 0 bridgehead atoms. The summed E-state index contributed by atoms with van der Waals surface area (Å²) in [6.45, 7) is 5.36. The zero-order chi connectivity index (χ0) is 18.0. The maximum absolute atomic E-state index is 11.7. The van der Waals surface area contributed by atoms with E-state index in [0.29, 0.717) is 17.0 Å². The zero-order valence-electron chi connectivity index (χ0n) is 14.3. The van der Waals surface area contributed by atoms with E-state index >= 15 is 0 Å². The van der Waals surface area contributed by atoms with Crippen LogP contribution in [0.4, 0.5) is 10.8 Å². The summed E-state index contributed by atoms with van der Waals surface area (Å²) in [6.07, 6.45) is 0.683. The van der Waals surface area contributed by atoms with Crippen LogP contribution in [0.15, 0.2) is 24.3 Å². The minimum atomic E-state index is -2.90. The van der Waals surface area contributed by atoms with Crippen LogP contribution in [0.25, 0.3) is 0 Å². The number of aromatic nitrogens is 2. The predicted octanol–water partition coefficient (Wildman–Crippen LogP) is 3.19. The van der Waals surface area contributed by atoms with Gasteiger partial charge in [0.25, 0.3) is 0 Å². The maximum atomic E-state index is 11.7. The Kier molecular flexibility index (Phi) is 5.57. The van der Waals surface area contributed by atoms with E-state index in [1.54, 1.807) is 4.68 Å². The third-order valence-corrected chi connectivity index (χ3v) is 7.33. The van der Waals surface area contributed by atoms with Crippen LogP contribution in [0.3, 0.4) is 0 Å². The van der Waals surface area contributed by atoms with Gasteiger partial charge in [-0.1, -0.05) is 36.0 Å². The molecule has 136 valence electrons. The highest BCUT2D eigenvalue weighted by Gasteiger charge is 2.31. The van der Waals surface area contributed by atoms with Gasteiger partial charge in [-0.05, 0) is 44.2 Å². The molecule has 1 aliphatic rings. The minimum Gasteiger partial charge on any atom is -0.330 e. The number of anilines is 2. The summed E-state index contributed by atoms with van der Waals surface area (Å²) in [4.78, 5) is 2.13. The van der Waals surface area contributed by atoms with Crippen LogP contribution in [0.2, 0.25) is 0 Å². The normalized spacial score (nSPS) is 19.4. The fourth-order valence-corrected chi connectivity index (χ4v) is 5.69. The molecule has 1 aromatic heterocycles. The second-order valence-corrected chi connectivity index (χ2v) is 10.1. The molecule has 1 fully saturated rings. The topological polar surface area (TPSA) is 67.2 Å². The molecule has 0 aliphatic carbocycles. The number of benzene rings is 1. The molecule has 1 unspecified atom stereocenters. The summed E-state index contributed by atoms with van der Waals surface area (Å²) in [5, 5.41) is 8.56. The number of aryl methyl sites for hydroxylation is 1. The van der Waals surface area contributed by atoms with Crippen LogP contribution < -0.4 is 5.32 Å². The molecule has 1 N–H and O–H groups in total. The van der Waals surface area contributed by atoms with Crippen molar-refractivity contribution in [2.75, 3.05) is 23.4 Å². The average molecular weight is 399 g/mol. The third-order valence-electron chi connectivity index (χ3n) is 4.36. The van der Waals surface area contributed by atoms with Crippen LogP contribution in [0.5, 0.6) is 0 Å². The average Bonchev–Trinajstić information content (AvgIpc) is 3.09. The first-order chi connectivity index (χ1) is 11.9. The van der Waals surface area contributed by atoms with Gasteiger partial charge in [-0.15, -0.1) is 5.10 Å². The first-order valence-corrected chi connectivity index (χ1v) is 11.3. The minimum absolute atomic E-state index is 0.0482. The molecule has 0 radical (unpaired) electrons. The third kappa shape index (κ3) is 4.66. The van der Waals surface area contributed by atoms with Crippen LogP contribution in [-0.2, 0) is 16.5 Å². The molecule has 25 heavy (non-hydrogen) atoms. The Balaban J connectivity index is 1.71. The Hall–Kier alpha value is -1.29. The number of nitrogens with one attached hydrogen (secondary N) is 1. The molecule has 0 amide bonds. The second kappa shape index (κ2) is 7.53. The van der Waals surface area contributed by atoms with Gasteiger partial charge in [0, 0.05) is 11.7 Å². The Morgan fingerprint density at radius 1 is 1.40 bits per heavy atom. The molecule has 1 saturated heterocycles. The molecular formula is C16H22N4O2S3. The first-order valence-electron chi connectivity index (χ1n) is 8.22. The van der Waals surface area contributed by atoms with Crippen LogP contribution in [-0.4, -0.2) is 47.2 Å². The standard InChI is InChI=1S/C16H22N4O2S3/c1-3-19(14-8-9-25(21,22)10-14)11-20-16(23)24-15(18-20)17-13-6-4-12(2)5-7-13/h4-7,14H,3,8-11H2,1-2H3,(H,17,18). The van der Waals surface area contributed by atoms with Gasteiger partial charge in [0.1, 0.15) is 0 Å². The number of nitrogens with zero attached hydrogens (tertiary/aromatic N) is 3. The van der Waals surface area contributed by atoms with Gasteiger partial charge in [-0.2, -0.15) is 0 Å². The van der Waals surface area contributed by atoms with E-state index in [1.807, 2.05) is 38.1 Å². The summed E-state index contributed by atoms with van der Waals surface area (Å²) in [5.41, 5.74) is 2.17. The monoisotopic (exact) mass is 398 g/mol. The van der Waals surface area contributed by atoms with Crippen molar-refractivity contribution in [1.82, 2.24) is 14.7 Å². The van der Waals surface area contributed by atoms with Crippen molar-refractivity contribution < 1.29 is 8.42 Å². The van der Waals surface area contributed by atoms with Gasteiger partial charge < -0.3 is 5.32 Å². The van der Waals surface area contributed by atoms with Crippen molar-refractivity contribution in [3.63, 3.8) is 0 Å². The Morgan fingerprint density at radius 2 is 2.12 bits per heavy atom. The van der Waals surface area contributed by atoms with E-state index < -0.39 is 9.84 Å². The van der Waals surface area contributed by atoms with Gasteiger partial charge in [-0.25, -0.2) is 13.1 Å². The van der Waals surface area contributed by atoms with Crippen molar-refractivity contribution >= 4 is 44.2 Å². The molecule has 1 aliphatic heterocycles. The second-order valence-electron chi connectivity index (χ2n) is 6.27. The molecule has 0 saturated carbocycles. The quantitative estimate of drug-likeness (QED) is 0.754. The number of hydrogen-bond acceptors (Lipinski definition) is 7. The van der Waals surface area contributed by atoms with Crippen LogP contribution in [0, 0.1) is 10.9 Å².